The SMILES string of the molecule is O.O=C(O)c1ccccc1B([O-])[O-].[Na+].[Na+]. The Morgan fingerprint density at radius 2 is 1.67 bits per heavy atom. The molecular weight excluding hydrogens is 221 g/mol. The standard InChI is InChI=1S/C7H5BO4.2Na.H2O/c9-7(10)5-3-1-2-4-6(5)8(11)12;;;/h1-4H,(H,9,10);;;1H2/q-2;2*+1;. The third kappa shape index (κ3) is 6.06. The Hall–Kier alpha value is 0.635. The number of benzene rings is 1. The van der Waals surface area contributed by atoms with Crippen molar-refractivity contribution in [2.75, 3.05) is 0 Å². The third-order valence-electron chi connectivity index (χ3n) is 1.45. The van der Waals surface area contributed by atoms with E-state index in [0.29, 0.717) is 0 Å². The Kier molecular flexibility index (Phi) is 13.7. The second-order valence-electron chi connectivity index (χ2n) is 2.22. The molecule has 15 heavy (non-hydrogen) atoms. The van der Waals surface area contributed by atoms with Crippen molar-refractivity contribution in [3.8, 4) is 0 Å². The topological polar surface area (TPSA) is 115 Å². The van der Waals surface area contributed by atoms with Gasteiger partial charge in [0, 0.05) is 0 Å². The normalized spacial score (nSPS) is 7.60. The number of carboxylic acids is 1. The van der Waals surface area contributed by atoms with Gasteiger partial charge >= 0.3 is 65.1 Å². The molecule has 0 bridgehead atoms. The van der Waals surface area contributed by atoms with Gasteiger partial charge in [-0.15, -0.1) is 5.46 Å². The summed E-state index contributed by atoms with van der Waals surface area (Å²) in [6.07, 6.45) is 0. The molecule has 70 valence electrons. The molecule has 1 aromatic rings. The molecule has 0 fully saturated rings. The van der Waals surface area contributed by atoms with E-state index in [1.807, 2.05) is 0 Å². The van der Waals surface area contributed by atoms with Gasteiger partial charge in [0.15, 0.2) is 0 Å². The summed E-state index contributed by atoms with van der Waals surface area (Å²) < 4.78 is 0. The van der Waals surface area contributed by atoms with Gasteiger partial charge in [0.1, 0.15) is 0 Å². The largest absolute Gasteiger partial charge is 1.00 e. The third-order valence-corrected chi connectivity index (χ3v) is 1.45. The van der Waals surface area contributed by atoms with Crippen molar-refractivity contribution in [2.24, 2.45) is 0 Å². The Balaban J connectivity index is -0.000000480. The predicted molar refractivity (Wildman–Crippen MR) is 42.4 cm³/mol. The summed E-state index contributed by atoms with van der Waals surface area (Å²) in [5, 5.41) is 29.4. The molecule has 1 aromatic carbocycles. The van der Waals surface area contributed by atoms with Crippen LogP contribution >= 0.6 is 0 Å². The molecule has 0 aliphatic heterocycles. The molecular formula is C7H7BNa2O5. The van der Waals surface area contributed by atoms with Crippen LogP contribution in [0.5, 0.6) is 0 Å². The minimum absolute atomic E-state index is 0. The zero-order valence-corrected chi connectivity index (χ0v) is 12.6. The molecule has 0 unspecified atom stereocenters. The first kappa shape index (κ1) is 21.0. The van der Waals surface area contributed by atoms with Crippen molar-refractivity contribution >= 4 is 18.6 Å². The number of carboxylic acid groups (broad SMARTS) is 1. The minimum atomic E-state index is -2.24. The molecule has 3 N–H and O–H groups in total. The summed E-state index contributed by atoms with van der Waals surface area (Å²) in [5.74, 6) is -1.25. The van der Waals surface area contributed by atoms with Crippen LogP contribution in [-0.4, -0.2) is 23.7 Å². The van der Waals surface area contributed by atoms with Crippen LogP contribution in [0, 0.1) is 0 Å². The number of rotatable bonds is 2. The van der Waals surface area contributed by atoms with Gasteiger partial charge in [0.05, 0.1) is 5.56 Å². The Bertz CT molecular complexity index is 307. The molecule has 0 aliphatic rings. The fourth-order valence-electron chi connectivity index (χ4n) is 0.897. The molecule has 0 saturated heterocycles. The van der Waals surface area contributed by atoms with Crippen LogP contribution in [0.1, 0.15) is 10.4 Å². The van der Waals surface area contributed by atoms with Crippen molar-refractivity contribution in [1.29, 1.82) is 0 Å². The van der Waals surface area contributed by atoms with E-state index < -0.39 is 13.1 Å². The van der Waals surface area contributed by atoms with E-state index >= 15 is 0 Å². The molecule has 0 amide bonds. The molecule has 0 heterocycles. The summed E-state index contributed by atoms with van der Waals surface area (Å²) in [5.41, 5.74) is -0.433. The average Bonchev–Trinajstić information content (AvgIpc) is 2.04. The first-order valence-corrected chi connectivity index (χ1v) is 3.27. The fraction of sp³-hybridized carbons (Fsp3) is 0. The van der Waals surface area contributed by atoms with E-state index in [-0.39, 0.29) is 75.6 Å². The van der Waals surface area contributed by atoms with Crippen LogP contribution in [0.25, 0.3) is 0 Å². The van der Waals surface area contributed by atoms with Crippen molar-refractivity contribution in [3.63, 3.8) is 0 Å². The van der Waals surface area contributed by atoms with Crippen molar-refractivity contribution in [1.82, 2.24) is 0 Å². The van der Waals surface area contributed by atoms with E-state index in [1.165, 1.54) is 24.3 Å². The van der Waals surface area contributed by atoms with E-state index in [1.54, 1.807) is 0 Å². The minimum Gasteiger partial charge on any atom is -0.889 e. The Labute approximate surface area is 132 Å². The van der Waals surface area contributed by atoms with Crippen LogP contribution in [0.3, 0.4) is 0 Å². The smallest absolute Gasteiger partial charge is 0.889 e. The van der Waals surface area contributed by atoms with Gasteiger partial charge in [0.25, 0.3) is 0 Å². The molecule has 8 heteroatoms. The average molecular weight is 228 g/mol. The van der Waals surface area contributed by atoms with Crippen LogP contribution in [0.2, 0.25) is 0 Å². The van der Waals surface area contributed by atoms with E-state index in [4.69, 9.17) is 5.11 Å². The van der Waals surface area contributed by atoms with Crippen LogP contribution in [0.4, 0.5) is 0 Å². The van der Waals surface area contributed by atoms with Crippen LogP contribution in [-0.2, 0) is 0 Å². The maximum Gasteiger partial charge on any atom is 1.00 e. The van der Waals surface area contributed by atoms with E-state index in [9.17, 15) is 14.8 Å². The monoisotopic (exact) mass is 228 g/mol. The summed E-state index contributed by atoms with van der Waals surface area (Å²) in [4.78, 5) is 10.4. The Morgan fingerprint density at radius 3 is 2.00 bits per heavy atom. The van der Waals surface area contributed by atoms with Crippen molar-refractivity contribution in [3.05, 3.63) is 29.8 Å². The van der Waals surface area contributed by atoms with Gasteiger partial charge in [-0.2, -0.15) is 0 Å². The fourth-order valence-corrected chi connectivity index (χ4v) is 0.897. The zero-order chi connectivity index (χ0) is 9.14. The van der Waals surface area contributed by atoms with E-state index in [0.717, 1.165) is 0 Å². The molecule has 0 aliphatic carbocycles. The zero-order valence-electron chi connectivity index (χ0n) is 8.56. The first-order valence-electron chi connectivity index (χ1n) is 3.27. The van der Waals surface area contributed by atoms with Gasteiger partial charge < -0.3 is 20.6 Å². The number of hydrogen-bond donors (Lipinski definition) is 1. The summed E-state index contributed by atoms with van der Waals surface area (Å²) in [7, 11) is -2.24. The summed E-state index contributed by atoms with van der Waals surface area (Å²) in [6.45, 7) is 0. The van der Waals surface area contributed by atoms with Gasteiger partial charge in [-0.05, 0) is 6.07 Å². The summed E-state index contributed by atoms with van der Waals surface area (Å²) in [6, 6.07) is 5.40. The predicted octanol–water partition coefficient (Wildman–Crippen LogP) is -9.02. The molecule has 5 nitrogen and oxygen atoms in total. The molecule has 0 radical (unpaired) electrons. The number of hydrogen-bond acceptors (Lipinski definition) is 3. The van der Waals surface area contributed by atoms with Gasteiger partial charge in [-0.1, -0.05) is 25.3 Å². The number of aromatic carboxylic acids is 1. The quantitative estimate of drug-likeness (QED) is 0.506. The molecule has 0 saturated carbocycles. The molecule has 0 atom stereocenters. The second kappa shape index (κ2) is 9.83. The first-order chi connectivity index (χ1) is 5.63. The molecule has 0 spiro atoms. The van der Waals surface area contributed by atoms with Gasteiger partial charge in [-0.3, -0.25) is 0 Å². The van der Waals surface area contributed by atoms with Crippen molar-refractivity contribution < 1.29 is 84.5 Å². The van der Waals surface area contributed by atoms with Gasteiger partial charge in [-0.25, -0.2) is 4.79 Å². The van der Waals surface area contributed by atoms with Crippen LogP contribution < -0.4 is 74.6 Å². The maximum absolute atomic E-state index is 10.4. The summed E-state index contributed by atoms with van der Waals surface area (Å²) >= 11 is 0. The van der Waals surface area contributed by atoms with E-state index in [2.05, 4.69) is 0 Å². The van der Waals surface area contributed by atoms with Gasteiger partial charge in [0.2, 0.25) is 0 Å². The number of carbonyl (C=O) groups is 1. The van der Waals surface area contributed by atoms with Crippen LogP contribution in [0.15, 0.2) is 24.3 Å². The molecule has 1 rings (SSSR count). The van der Waals surface area contributed by atoms with Crippen molar-refractivity contribution in [2.45, 2.75) is 0 Å². The second-order valence-corrected chi connectivity index (χ2v) is 2.22. The molecule has 0 aromatic heterocycles. The maximum atomic E-state index is 10.4. The Morgan fingerprint density at radius 1 is 1.20 bits per heavy atom.